The van der Waals surface area contributed by atoms with Crippen LogP contribution in [0.1, 0.15) is 35.2 Å². The first-order valence-corrected chi connectivity index (χ1v) is 4.73. The molecule has 2 heteroatoms. The van der Waals surface area contributed by atoms with Crippen molar-refractivity contribution in [1.29, 1.82) is 0 Å². The fraction of sp³-hybridized carbons (Fsp3) is 0.545. The zero-order valence-corrected chi connectivity index (χ0v) is 10.3. The number of hydrogen-bond donors (Lipinski definition) is 0. The summed E-state index contributed by atoms with van der Waals surface area (Å²) in [4.78, 5) is 4.39. The minimum absolute atomic E-state index is 0. The monoisotopic (exact) mass is 423 g/mol. The van der Waals surface area contributed by atoms with E-state index in [2.05, 4.69) is 18.8 Å². The summed E-state index contributed by atoms with van der Waals surface area (Å²) in [7, 11) is 0. The van der Waals surface area contributed by atoms with Gasteiger partial charge in [-0.2, -0.15) is 0 Å². The average Bonchev–Trinajstić information content (AvgIpc) is 2.12. The van der Waals surface area contributed by atoms with Crippen molar-refractivity contribution in [2.24, 2.45) is 0 Å². The van der Waals surface area contributed by atoms with Crippen LogP contribution in [-0.2, 0) is 12.8 Å². The van der Waals surface area contributed by atoms with E-state index in [1.54, 1.807) is 5.56 Å². The third-order valence-electron chi connectivity index (χ3n) is 2.83. The second-order valence-corrected chi connectivity index (χ2v) is 3.69. The summed E-state index contributed by atoms with van der Waals surface area (Å²) < 4.78 is 0. The molecule has 1 aromatic heterocycles. The molecule has 1 aromatic rings. The molecule has 0 aliphatic heterocycles. The van der Waals surface area contributed by atoms with Crippen LogP contribution in [-0.4, -0.2) is 4.98 Å². The first-order chi connectivity index (χ1) is 5.79. The maximum Gasteiger partial charge on any atom is 0.0407 e. The molecular weight excluding hydrogens is 408 g/mol. The van der Waals surface area contributed by atoms with Gasteiger partial charge in [-0.3, -0.25) is 4.98 Å². The maximum absolute atomic E-state index is 4.39. The van der Waals surface area contributed by atoms with Gasteiger partial charge < -0.3 is 0 Å². The summed E-state index contributed by atoms with van der Waals surface area (Å²) in [5, 5.41) is 0. The number of fused-ring (bicyclic) bond motifs is 1. The quantitative estimate of drug-likeness (QED) is 0.626. The van der Waals surface area contributed by atoms with Crippen molar-refractivity contribution in [3.8, 4) is 0 Å². The average molecular weight is 423 g/mol. The minimum atomic E-state index is 0. The molecule has 0 fully saturated rings. The molecule has 0 amide bonds. The summed E-state index contributed by atoms with van der Waals surface area (Å²) in [6.07, 6.45) is 7.23. The van der Waals surface area contributed by atoms with Crippen LogP contribution in [0.5, 0.6) is 0 Å². The van der Waals surface area contributed by atoms with Crippen LogP contribution >= 0.6 is 0 Å². The molecule has 1 aliphatic rings. The summed E-state index contributed by atoms with van der Waals surface area (Å²) in [5.41, 5.74) is 5.74. The molecule has 0 saturated heterocycles. The van der Waals surface area contributed by atoms with Crippen LogP contribution in [0.4, 0.5) is 0 Å². The van der Waals surface area contributed by atoms with E-state index < -0.39 is 0 Å². The smallest absolute Gasteiger partial charge is 0.0407 e. The first-order valence-electron chi connectivity index (χ1n) is 4.73. The van der Waals surface area contributed by atoms with Gasteiger partial charge in [0.25, 0.3) is 0 Å². The van der Waals surface area contributed by atoms with Crippen molar-refractivity contribution in [1.82, 2.24) is 4.98 Å². The number of hydrogen-bond acceptors (Lipinski definition) is 1. The predicted molar refractivity (Wildman–Crippen MR) is 50.4 cm³/mol. The predicted octanol–water partition coefficient (Wildman–Crippen LogP) is 2.58. The summed E-state index contributed by atoms with van der Waals surface area (Å²) >= 11 is 0. The van der Waals surface area contributed by atoms with E-state index in [0.29, 0.717) is 0 Å². The molecule has 1 heterocycles. The summed E-state index contributed by atoms with van der Waals surface area (Å²) in [5.74, 6) is 0. The van der Waals surface area contributed by atoms with Crippen molar-refractivity contribution >= 4 is 0 Å². The fourth-order valence-corrected chi connectivity index (χ4v) is 2.09. The Morgan fingerprint density at radius 2 is 1.69 bits per heavy atom. The van der Waals surface area contributed by atoms with Crippen LogP contribution in [0, 0.1) is 13.8 Å². The van der Waals surface area contributed by atoms with E-state index in [1.165, 1.54) is 42.5 Å². The van der Waals surface area contributed by atoms with Gasteiger partial charge in [0, 0.05) is 11.9 Å². The third-order valence-corrected chi connectivity index (χ3v) is 2.83. The molecular formula is C11H15LrN. The van der Waals surface area contributed by atoms with Gasteiger partial charge in [0.1, 0.15) is 0 Å². The van der Waals surface area contributed by atoms with Gasteiger partial charge in [-0.1, -0.05) is 0 Å². The van der Waals surface area contributed by atoms with Crippen LogP contribution in [0.25, 0.3) is 0 Å². The Labute approximate surface area is 73.8 Å². The van der Waals surface area contributed by atoms with Gasteiger partial charge in [-0.25, -0.2) is 0 Å². The van der Waals surface area contributed by atoms with E-state index in [9.17, 15) is 0 Å². The third kappa shape index (κ3) is 1.37. The van der Waals surface area contributed by atoms with Gasteiger partial charge in [-0.15, -0.1) is 0 Å². The standard InChI is InChI=1S/C11H15N.Lr/c1-8-7-12-9(2)11-6-4-3-5-10(8)11;/h7H,3-6H2,1-2H3;. The molecule has 0 bridgehead atoms. The second kappa shape index (κ2) is 3.26. The fourth-order valence-electron chi connectivity index (χ4n) is 2.09. The molecule has 79 valence electrons. The molecule has 0 atom stereocenters. The Balaban J connectivity index is 0.000000845. The summed E-state index contributed by atoms with van der Waals surface area (Å²) in [6.45, 7) is 4.31. The Kier molecular flexibility index (Phi) is 2.32. The Morgan fingerprint density at radius 1 is 1.08 bits per heavy atom. The zero-order valence-electron chi connectivity index (χ0n) is 8.11. The number of rotatable bonds is 0. The molecule has 1 nitrogen and oxygen atoms in total. The number of aromatic nitrogens is 1. The molecule has 2 rings (SSSR count). The van der Waals surface area contributed by atoms with E-state index in [0.717, 1.165) is 0 Å². The zero-order chi connectivity index (χ0) is 8.55. The van der Waals surface area contributed by atoms with Crippen LogP contribution in [0.2, 0.25) is 0 Å². The minimum Gasteiger partial charge on any atom is -0.261 e. The Morgan fingerprint density at radius 3 is 2.31 bits per heavy atom. The molecule has 0 aromatic carbocycles. The molecule has 1 radical (unpaired) electrons. The van der Waals surface area contributed by atoms with Crippen LogP contribution in [0.15, 0.2) is 6.20 Å². The Hall–Kier alpha value is -1.85. The first kappa shape index (κ1) is 9.24. The molecule has 0 N–H and O–H groups in total. The van der Waals surface area contributed by atoms with Gasteiger partial charge >= 0.3 is 0 Å². The molecule has 1 aliphatic carbocycles. The number of pyridine rings is 1. The van der Waals surface area contributed by atoms with Crippen molar-refractivity contribution in [2.45, 2.75) is 39.5 Å². The van der Waals surface area contributed by atoms with Gasteiger partial charge in [0.2, 0.25) is 0 Å². The summed E-state index contributed by atoms with van der Waals surface area (Å²) in [6, 6.07) is 0. The van der Waals surface area contributed by atoms with Crippen molar-refractivity contribution in [3.05, 3.63) is 28.6 Å². The second-order valence-electron chi connectivity index (χ2n) is 3.69. The van der Waals surface area contributed by atoms with E-state index in [-0.39, 0.29) is 0 Å². The van der Waals surface area contributed by atoms with E-state index >= 15 is 0 Å². The SMILES string of the molecule is Cc1cnc(C)c2c1CCCC2.[Lr]. The molecule has 13 heavy (non-hydrogen) atoms. The molecule has 0 spiro atoms. The maximum atomic E-state index is 4.39. The van der Waals surface area contributed by atoms with Gasteiger partial charge in [0.15, 0.2) is 0 Å². The van der Waals surface area contributed by atoms with Gasteiger partial charge in [0.05, 0.1) is 0 Å². The van der Waals surface area contributed by atoms with Crippen LogP contribution in [0.3, 0.4) is 0 Å². The number of nitrogens with zero attached hydrogens (tertiary/aromatic N) is 1. The van der Waals surface area contributed by atoms with E-state index in [1.807, 2.05) is 6.20 Å². The Bertz CT molecular complexity index is 276. The topological polar surface area (TPSA) is 12.9 Å². The van der Waals surface area contributed by atoms with Crippen molar-refractivity contribution in [3.63, 3.8) is 0 Å². The molecule has 0 unspecified atom stereocenters. The van der Waals surface area contributed by atoms with Crippen molar-refractivity contribution in [2.75, 3.05) is 0 Å². The van der Waals surface area contributed by atoms with Crippen molar-refractivity contribution < 1.29 is 0 Å². The number of aryl methyl sites for hydroxylation is 2. The normalized spacial score (nSPS) is 14.6. The van der Waals surface area contributed by atoms with Crippen LogP contribution < -0.4 is 0 Å². The van der Waals surface area contributed by atoms with E-state index in [4.69, 9.17) is 0 Å². The molecule has 0 saturated carbocycles. The van der Waals surface area contributed by atoms with Gasteiger partial charge in [-0.05, 0) is 56.2 Å². The largest absolute Gasteiger partial charge is 0.261 e.